The minimum Gasteiger partial charge on any atom is -0.354 e. The Morgan fingerprint density at radius 2 is 1.33 bits per heavy atom. The topological polar surface area (TPSA) is 34.0 Å². The van der Waals surface area contributed by atoms with E-state index in [-0.39, 0.29) is 5.56 Å². The first-order valence-corrected chi connectivity index (χ1v) is 8.93. The standard InChI is InChI=1S/C24H20N2O/c1-18-12-14-21(15-13-18)26-23(27)17-16-22(25-20-10-6-3-7-11-20)24(26)19-8-4-2-5-9-19/h2-17,25H,1H3. The van der Waals surface area contributed by atoms with Crippen LogP contribution >= 0.6 is 0 Å². The van der Waals surface area contributed by atoms with E-state index in [9.17, 15) is 4.79 Å². The van der Waals surface area contributed by atoms with Gasteiger partial charge in [0, 0.05) is 23.0 Å². The quantitative estimate of drug-likeness (QED) is 0.522. The van der Waals surface area contributed by atoms with Crippen LogP contribution in [0.5, 0.6) is 0 Å². The summed E-state index contributed by atoms with van der Waals surface area (Å²) in [6.07, 6.45) is 0. The van der Waals surface area contributed by atoms with Gasteiger partial charge in [0.2, 0.25) is 0 Å². The summed E-state index contributed by atoms with van der Waals surface area (Å²) in [5, 5.41) is 3.46. The molecule has 0 fully saturated rings. The molecule has 0 radical (unpaired) electrons. The van der Waals surface area contributed by atoms with Gasteiger partial charge in [0.25, 0.3) is 5.56 Å². The molecule has 0 unspecified atom stereocenters. The van der Waals surface area contributed by atoms with E-state index in [2.05, 4.69) is 5.32 Å². The summed E-state index contributed by atoms with van der Waals surface area (Å²) in [6, 6.07) is 31.4. The lowest BCUT2D eigenvalue weighted by Crippen LogP contribution is -2.20. The normalized spacial score (nSPS) is 10.6. The highest BCUT2D eigenvalue weighted by Crippen LogP contribution is 2.31. The van der Waals surface area contributed by atoms with Crippen LogP contribution < -0.4 is 10.9 Å². The molecule has 1 heterocycles. The van der Waals surface area contributed by atoms with E-state index >= 15 is 0 Å². The van der Waals surface area contributed by atoms with Gasteiger partial charge in [-0.15, -0.1) is 0 Å². The third kappa shape index (κ3) is 3.53. The number of nitrogens with zero attached hydrogens (tertiary/aromatic N) is 1. The summed E-state index contributed by atoms with van der Waals surface area (Å²) < 4.78 is 1.76. The van der Waals surface area contributed by atoms with Crippen molar-refractivity contribution < 1.29 is 0 Å². The Balaban J connectivity index is 1.96. The molecule has 0 atom stereocenters. The fourth-order valence-corrected chi connectivity index (χ4v) is 3.15. The van der Waals surface area contributed by atoms with Crippen molar-refractivity contribution in [3.63, 3.8) is 0 Å². The van der Waals surface area contributed by atoms with Gasteiger partial charge in [-0.1, -0.05) is 66.2 Å². The maximum atomic E-state index is 12.8. The smallest absolute Gasteiger partial charge is 0.255 e. The Morgan fingerprint density at radius 1 is 0.704 bits per heavy atom. The van der Waals surface area contributed by atoms with Crippen LogP contribution in [0.15, 0.2) is 102 Å². The Bertz CT molecular complexity index is 1100. The van der Waals surface area contributed by atoms with Crippen LogP contribution in [-0.2, 0) is 0 Å². The lowest BCUT2D eigenvalue weighted by Gasteiger charge is -2.19. The molecule has 4 rings (SSSR count). The van der Waals surface area contributed by atoms with Crippen LogP contribution in [-0.4, -0.2) is 4.57 Å². The van der Waals surface area contributed by atoms with Gasteiger partial charge in [-0.25, -0.2) is 0 Å². The van der Waals surface area contributed by atoms with Crippen LogP contribution in [0.2, 0.25) is 0 Å². The molecule has 27 heavy (non-hydrogen) atoms. The van der Waals surface area contributed by atoms with Gasteiger partial charge in [0.15, 0.2) is 0 Å². The number of hydrogen-bond acceptors (Lipinski definition) is 2. The zero-order chi connectivity index (χ0) is 18.6. The molecule has 132 valence electrons. The average molecular weight is 352 g/mol. The zero-order valence-corrected chi connectivity index (χ0v) is 15.1. The maximum absolute atomic E-state index is 12.8. The first kappa shape index (κ1) is 16.9. The number of aryl methyl sites for hydroxylation is 1. The average Bonchev–Trinajstić information content (AvgIpc) is 2.71. The molecule has 0 saturated heterocycles. The van der Waals surface area contributed by atoms with Crippen molar-refractivity contribution in [2.24, 2.45) is 0 Å². The Kier molecular flexibility index (Phi) is 4.58. The first-order chi connectivity index (χ1) is 13.2. The summed E-state index contributed by atoms with van der Waals surface area (Å²) >= 11 is 0. The van der Waals surface area contributed by atoms with Crippen molar-refractivity contribution in [2.75, 3.05) is 5.32 Å². The van der Waals surface area contributed by atoms with Gasteiger partial charge < -0.3 is 5.32 Å². The monoisotopic (exact) mass is 352 g/mol. The molecule has 0 saturated carbocycles. The molecular weight excluding hydrogens is 332 g/mol. The third-order valence-electron chi connectivity index (χ3n) is 4.48. The highest BCUT2D eigenvalue weighted by atomic mass is 16.1. The molecule has 3 heteroatoms. The van der Waals surface area contributed by atoms with Crippen LogP contribution in [0.1, 0.15) is 5.56 Å². The van der Waals surface area contributed by atoms with E-state index in [0.29, 0.717) is 0 Å². The van der Waals surface area contributed by atoms with Gasteiger partial charge in [0.05, 0.1) is 11.4 Å². The van der Waals surface area contributed by atoms with Gasteiger partial charge in [-0.2, -0.15) is 0 Å². The second-order valence-corrected chi connectivity index (χ2v) is 6.46. The highest BCUT2D eigenvalue weighted by Gasteiger charge is 2.14. The second kappa shape index (κ2) is 7.34. The molecular formula is C24H20N2O. The van der Waals surface area contributed by atoms with Gasteiger partial charge in [-0.3, -0.25) is 9.36 Å². The van der Waals surface area contributed by atoms with Gasteiger partial charge in [-0.05, 0) is 37.3 Å². The molecule has 0 aliphatic heterocycles. The van der Waals surface area contributed by atoms with Crippen molar-refractivity contribution in [1.29, 1.82) is 0 Å². The minimum absolute atomic E-state index is 0.0590. The number of pyridine rings is 1. The van der Waals surface area contributed by atoms with Crippen LogP contribution in [0.4, 0.5) is 11.4 Å². The van der Waals surface area contributed by atoms with E-state index in [4.69, 9.17) is 0 Å². The number of rotatable bonds is 4. The molecule has 4 aromatic rings. The lowest BCUT2D eigenvalue weighted by molar-refractivity contribution is 1.000. The van der Waals surface area contributed by atoms with Crippen molar-refractivity contribution in [3.05, 3.63) is 113 Å². The van der Waals surface area contributed by atoms with Gasteiger partial charge in [0.1, 0.15) is 0 Å². The fraction of sp³-hybridized carbons (Fsp3) is 0.0417. The molecule has 0 aliphatic rings. The summed E-state index contributed by atoms with van der Waals surface area (Å²) in [6.45, 7) is 2.04. The third-order valence-corrected chi connectivity index (χ3v) is 4.48. The Labute approximate surface area is 158 Å². The molecule has 0 bridgehead atoms. The maximum Gasteiger partial charge on any atom is 0.255 e. The highest BCUT2D eigenvalue weighted by molar-refractivity contribution is 5.79. The molecule has 3 aromatic carbocycles. The molecule has 0 spiro atoms. The number of nitrogens with one attached hydrogen (secondary N) is 1. The van der Waals surface area contributed by atoms with Crippen LogP contribution in [0.3, 0.4) is 0 Å². The predicted octanol–water partition coefficient (Wildman–Crippen LogP) is 5.56. The molecule has 1 N–H and O–H groups in total. The van der Waals surface area contributed by atoms with Crippen molar-refractivity contribution in [2.45, 2.75) is 6.92 Å². The van der Waals surface area contributed by atoms with E-state index in [1.165, 1.54) is 0 Å². The minimum atomic E-state index is -0.0590. The molecule has 0 amide bonds. The summed E-state index contributed by atoms with van der Waals surface area (Å²) in [4.78, 5) is 12.8. The molecule has 3 nitrogen and oxygen atoms in total. The number of para-hydroxylation sites is 1. The Morgan fingerprint density at radius 3 is 2.00 bits per heavy atom. The van der Waals surface area contributed by atoms with Gasteiger partial charge >= 0.3 is 0 Å². The second-order valence-electron chi connectivity index (χ2n) is 6.46. The summed E-state index contributed by atoms with van der Waals surface area (Å²) in [5.41, 5.74) is 5.63. The number of aromatic nitrogens is 1. The Hall–Kier alpha value is -3.59. The summed E-state index contributed by atoms with van der Waals surface area (Å²) in [5.74, 6) is 0. The number of benzene rings is 3. The molecule has 1 aromatic heterocycles. The van der Waals surface area contributed by atoms with E-state index in [1.807, 2.05) is 97.9 Å². The van der Waals surface area contributed by atoms with Crippen molar-refractivity contribution >= 4 is 11.4 Å². The molecule has 0 aliphatic carbocycles. The van der Waals surface area contributed by atoms with E-state index in [1.54, 1.807) is 10.6 Å². The number of hydrogen-bond donors (Lipinski definition) is 1. The largest absolute Gasteiger partial charge is 0.354 e. The predicted molar refractivity (Wildman–Crippen MR) is 112 cm³/mol. The summed E-state index contributed by atoms with van der Waals surface area (Å²) in [7, 11) is 0. The number of anilines is 2. The van der Waals surface area contributed by atoms with E-state index in [0.717, 1.165) is 33.9 Å². The van der Waals surface area contributed by atoms with E-state index < -0.39 is 0 Å². The van der Waals surface area contributed by atoms with Crippen molar-refractivity contribution in [1.82, 2.24) is 4.57 Å². The first-order valence-electron chi connectivity index (χ1n) is 8.93. The SMILES string of the molecule is Cc1ccc(-n2c(-c3ccccc3)c(Nc3ccccc3)ccc2=O)cc1. The van der Waals surface area contributed by atoms with Crippen LogP contribution in [0.25, 0.3) is 16.9 Å². The van der Waals surface area contributed by atoms with Crippen LogP contribution in [0, 0.1) is 6.92 Å². The lowest BCUT2D eigenvalue weighted by atomic mass is 10.1. The van der Waals surface area contributed by atoms with Crippen molar-refractivity contribution in [3.8, 4) is 16.9 Å². The fourth-order valence-electron chi connectivity index (χ4n) is 3.15. The zero-order valence-electron chi connectivity index (χ0n) is 15.1.